The SMILES string of the molecule is COC(=O)C(Nc1ccccc1F)c1cc(C)ccc1C. The van der Waals surface area contributed by atoms with Crippen LogP contribution in [0.25, 0.3) is 0 Å². The molecule has 0 saturated heterocycles. The van der Waals surface area contributed by atoms with Crippen molar-refractivity contribution in [3.8, 4) is 0 Å². The first kappa shape index (κ1) is 15.0. The summed E-state index contributed by atoms with van der Waals surface area (Å²) in [4.78, 5) is 12.1. The Morgan fingerprint density at radius 2 is 1.90 bits per heavy atom. The molecular weight excluding hydrogens is 269 g/mol. The standard InChI is InChI=1S/C17H18FNO2/c1-11-8-9-12(2)13(10-11)16(17(20)21-3)19-15-7-5-4-6-14(15)18/h4-10,16,19H,1-3H3. The van der Waals surface area contributed by atoms with Crippen LogP contribution in [0, 0.1) is 19.7 Å². The number of hydrogen-bond acceptors (Lipinski definition) is 3. The number of ether oxygens (including phenoxy) is 1. The minimum atomic E-state index is -0.744. The summed E-state index contributed by atoms with van der Waals surface area (Å²) >= 11 is 0. The molecule has 21 heavy (non-hydrogen) atoms. The van der Waals surface area contributed by atoms with Gasteiger partial charge in [0.2, 0.25) is 0 Å². The highest BCUT2D eigenvalue weighted by Crippen LogP contribution is 2.26. The van der Waals surface area contributed by atoms with Gasteiger partial charge in [-0.3, -0.25) is 0 Å². The molecule has 1 N–H and O–H groups in total. The highest BCUT2D eigenvalue weighted by molar-refractivity contribution is 5.81. The molecule has 0 aliphatic rings. The molecule has 0 aliphatic carbocycles. The summed E-state index contributed by atoms with van der Waals surface area (Å²) in [5, 5.41) is 2.93. The number of carbonyl (C=O) groups excluding carboxylic acids is 1. The molecular formula is C17H18FNO2. The number of rotatable bonds is 4. The van der Waals surface area contributed by atoms with E-state index in [1.165, 1.54) is 13.2 Å². The first-order chi connectivity index (χ1) is 10.0. The number of nitrogens with one attached hydrogen (secondary N) is 1. The van der Waals surface area contributed by atoms with Gasteiger partial charge in [-0.15, -0.1) is 0 Å². The molecule has 0 aliphatic heterocycles. The van der Waals surface area contributed by atoms with Gasteiger partial charge >= 0.3 is 5.97 Å². The normalized spacial score (nSPS) is 11.8. The van der Waals surface area contributed by atoms with Gasteiger partial charge in [-0.2, -0.15) is 0 Å². The molecule has 110 valence electrons. The lowest BCUT2D eigenvalue weighted by Crippen LogP contribution is -2.23. The van der Waals surface area contributed by atoms with Crippen LogP contribution in [-0.2, 0) is 9.53 Å². The van der Waals surface area contributed by atoms with E-state index < -0.39 is 17.8 Å². The molecule has 2 aromatic rings. The topological polar surface area (TPSA) is 38.3 Å². The number of halogens is 1. The lowest BCUT2D eigenvalue weighted by atomic mass is 9.98. The molecule has 2 rings (SSSR count). The van der Waals surface area contributed by atoms with Crippen molar-refractivity contribution in [2.75, 3.05) is 12.4 Å². The number of aryl methyl sites for hydroxylation is 2. The van der Waals surface area contributed by atoms with Gasteiger partial charge in [0.05, 0.1) is 12.8 Å². The third-order valence-corrected chi connectivity index (χ3v) is 3.36. The molecule has 0 amide bonds. The molecule has 0 bridgehead atoms. The van der Waals surface area contributed by atoms with Crippen LogP contribution in [0.4, 0.5) is 10.1 Å². The Morgan fingerprint density at radius 1 is 1.19 bits per heavy atom. The zero-order valence-electron chi connectivity index (χ0n) is 12.3. The van der Waals surface area contributed by atoms with Gasteiger partial charge in [-0.25, -0.2) is 9.18 Å². The number of methoxy groups -OCH3 is 1. The molecule has 0 radical (unpaired) electrons. The molecule has 3 nitrogen and oxygen atoms in total. The van der Waals surface area contributed by atoms with E-state index in [-0.39, 0.29) is 5.69 Å². The number of carbonyl (C=O) groups is 1. The van der Waals surface area contributed by atoms with E-state index in [2.05, 4.69) is 5.32 Å². The van der Waals surface area contributed by atoms with Crippen LogP contribution in [0.3, 0.4) is 0 Å². The maximum Gasteiger partial charge on any atom is 0.332 e. The maximum atomic E-state index is 13.8. The summed E-state index contributed by atoms with van der Waals surface area (Å²) in [6.45, 7) is 3.86. The third kappa shape index (κ3) is 3.40. The van der Waals surface area contributed by atoms with E-state index in [0.717, 1.165) is 16.7 Å². The predicted molar refractivity (Wildman–Crippen MR) is 80.7 cm³/mol. The average Bonchev–Trinajstić information content (AvgIpc) is 2.48. The second kappa shape index (κ2) is 6.39. The summed E-state index contributed by atoms with van der Waals surface area (Å²) in [5.41, 5.74) is 3.03. The fourth-order valence-corrected chi connectivity index (χ4v) is 2.19. The highest BCUT2D eigenvalue weighted by atomic mass is 19.1. The van der Waals surface area contributed by atoms with Gasteiger partial charge in [-0.1, -0.05) is 35.9 Å². The van der Waals surface area contributed by atoms with Crippen LogP contribution in [0.2, 0.25) is 0 Å². The van der Waals surface area contributed by atoms with Crippen molar-refractivity contribution in [1.82, 2.24) is 0 Å². The van der Waals surface area contributed by atoms with Crippen molar-refractivity contribution in [3.63, 3.8) is 0 Å². The monoisotopic (exact) mass is 287 g/mol. The molecule has 4 heteroatoms. The van der Waals surface area contributed by atoms with Gasteiger partial charge in [-0.05, 0) is 37.1 Å². The van der Waals surface area contributed by atoms with Crippen molar-refractivity contribution in [1.29, 1.82) is 0 Å². The minimum absolute atomic E-state index is 0.272. The van der Waals surface area contributed by atoms with Crippen LogP contribution >= 0.6 is 0 Å². The van der Waals surface area contributed by atoms with E-state index in [9.17, 15) is 9.18 Å². The lowest BCUT2D eigenvalue weighted by molar-refractivity contribution is -0.141. The quantitative estimate of drug-likeness (QED) is 0.870. The summed E-state index contributed by atoms with van der Waals surface area (Å²) < 4.78 is 18.6. The Balaban J connectivity index is 2.42. The fourth-order valence-electron chi connectivity index (χ4n) is 2.19. The second-order valence-electron chi connectivity index (χ2n) is 4.94. The summed E-state index contributed by atoms with van der Waals surface area (Å²) in [6, 6.07) is 11.3. The maximum absolute atomic E-state index is 13.8. The largest absolute Gasteiger partial charge is 0.467 e. The molecule has 1 unspecified atom stereocenters. The zero-order valence-corrected chi connectivity index (χ0v) is 12.3. The summed E-state index contributed by atoms with van der Waals surface area (Å²) in [7, 11) is 1.32. The zero-order chi connectivity index (χ0) is 15.4. The van der Waals surface area contributed by atoms with Crippen LogP contribution in [0.15, 0.2) is 42.5 Å². The van der Waals surface area contributed by atoms with Crippen LogP contribution in [-0.4, -0.2) is 13.1 Å². The third-order valence-electron chi connectivity index (χ3n) is 3.36. The van der Waals surface area contributed by atoms with Crippen molar-refractivity contribution in [3.05, 3.63) is 65.0 Å². The molecule has 0 aromatic heterocycles. The molecule has 0 fully saturated rings. The molecule has 1 atom stereocenters. The van der Waals surface area contributed by atoms with Gasteiger partial charge in [0.15, 0.2) is 6.04 Å². The van der Waals surface area contributed by atoms with E-state index in [4.69, 9.17) is 4.74 Å². The van der Waals surface area contributed by atoms with Crippen molar-refractivity contribution in [2.45, 2.75) is 19.9 Å². The van der Waals surface area contributed by atoms with Crippen LogP contribution in [0.5, 0.6) is 0 Å². The van der Waals surface area contributed by atoms with Gasteiger partial charge in [0.25, 0.3) is 0 Å². The van der Waals surface area contributed by atoms with Crippen molar-refractivity contribution < 1.29 is 13.9 Å². The fraction of sp³-hybridized carbons (Fsp3) is 0.235. The Bertz CT molecular complexity index is 655. The molecule has 0 heterocycles. The Hall–Kier alpha value is -2.36. The Kier molecular flexibility index (Phi) is 4.58. The number of para-hydroxylation sites is 1. The minimum Gasteiger partial charge on any atom is -0.467 e. The van der Waals surface area contributed by atoms with Gasteiger partial charge < -0.3 is 10.1 Å². The Labute approximate surface area is 123 Å². The van der Waals surface area contributed by atoms with Gasteiger partial charge in [0.1, 0.15) is 5.82 Å². The number of esters is 1. The smallest absolute Gasteiger partial charge is 0.332 e. The summed E-state index contributed by atoms with van der Waals surface area (Å²) in [6.07, 6.45) is 0. The molecule has 0 spiro atoms. The lowest BCUT2D eigenvalue weighted by Gasteiger charge is -2.20. The number of anilines is 1. The van der Waals surface area contributed by atoms with Gasteiger partial charge in [0, 0.05) is 0 Å². The van der Waals surface area contributed by atoms with E-state index in [0.29, 0.717) is 0 Å². The van der Waals surface area contributed by atoms with E-state index in [1.807, 2.05) is 32.0 Å². The Morgan fingerprint density at radius 3 is 2.57 bits per heavy atom. The summed E-state index contributed by atoms with van der Waals surface area (Å²) in [5.74, 6) is -0.858. The molecule has 0 saturated carbocycles. The first-order valence-corrected chi connectivity index (χ1v) is 6.69. The highest BCUT2D eigenvalue weighted by Gasteiger charge is 2.24. The second-order valence-corrected chi connectivity index (χ2v) is 4.94. The van der Waals surface area contributed by atoms with Crippen molar-refractivity contribution >= 4 is 11.7 Å². The van der Waals surface area contributed by atoms with Crippen molar-refractivity contribution in [2.24, 2.45) is 0 Å². The average molecular weight is 287 g/mol. The van der Waals surface area contributed by atoms with Crippen LogP contribution < -0.4 is 5.32 Å². The van der Waals surface area contributed by atoms with Crippen LogP contribution in [0.1, 0.15) is 22.7 Å². The predicted octanol–water partition coefficient (Wildman–Crippen LogP) is 3.77. The first-order valence-electron chi connectivity index (χ1n) is 6.69. The number of hydrogen-bond donors (Lipinski definition) is 1. The van der Waals surface area contributed by atoms with E-state index in [1.54, 1.807) is 18.2 Å². The molecule has 2 aromatic carbocycles. The number of benzene rings is 2. The van der Waals surface area contributed by atoms with E-state index >= 15 is 0 Å².